The number of nitrogens with one attached hydrogen (secondary N) is 1. The second kappa shape index (κ2) is 8.14. The molecule has 3 heterocycles. The summed E-state index contributed by atoms with van der Waals surface area (Å²) in [6.07, 6.45) is 0.497. The highest BCUT2D eigenvalue weighted by atomic mass is 19.1. The van der Waals surface area contributed by atoms with Crippen molar-refractivity contribution in [2.75, 3.05) is 11.9 Å². The van der Waals surface area contributed by atoms with Crippen molar-refractivity contribution in [2.24, 2.45) is 0 Å². The number of anilines is 1. The monoisotopic (exact) mass is 399 g/mol. The molecule has 0 saturated carbocycles. The molecule has 2 saturated heterocycles. The van der Waals surface area contributed by atoms with Gasteiger partial charge in [-0.2, -0.15) is 4.98 Å². The molecular formula is C18H26FN3O6. The molecule has 3 rings (SSSR count). The lowest BCUT2D eigenvalue weighted by molar-refractivity contribution is -0.195. The van der Waals surface area contributed by atoms with E-state index in [1.165, 1.54) is 0 Å². The Bertz CT molecular complexity index is 783. The van der Waals surface area contributed by atoms with Gasteiger partial charge in [0.1, 0.15) is 12.2 Å². The van der Waals surface area contributed by atoms with Crippen LogP contribution in [0.4, 0.5) is 15.0 Å². The zero-order chi connectivity index (χ0) is 20.5. The first kappa shape index (κ1) is 20.7. The molecule has 1 aromatic rings. The van der Waals surface area contributed by atoms with E-state index in [9.17, 15) is 14.0 Å². The number of hydrogen-bond acceptors (Lipinski definition) is 7. The molecule has 0 aliphatic carbocycles. The van der Waals surface area contributed by atoms with Crippen molar-refractivity contribution in [3.8, 4) is 0 Å². The van der Waals surface area contributed by atoms with Gasteiger partial charge in [0.15, 0.2) is 23.7 Å². The zero-order valence-electron chi connectivity index (χ0n) is 16.4. The van der Waals surface area contributed by atoms with Crippen LogP contribution in [-0.4, -0.2) is 46.4 Å². The summed E-state index contributed by atoms with van der Waals surface area (Å²) in [5.74, 6) is -2.21. The fourth-order valence-electron chi connectivity index (χ4n) is 3.36. The van der Waals surface area contributed by atoms with Crippen LogP contribution in [0.3, 0.4) is 0 Å². The first-order valence-electron chi connectivity index (χ1n) is 9.45. The summed E-state index contributed by atoms with van der Waals surface area (Å²) in [4.78, 5) is 27.8. The molecule has 1 N–H and O–H groups in total. The number of hydrogen-bond donors (Lipinski definition) is 1. The number of ether oxygens (including phenoxy) is 4. The van der Waals surface area contributed by atoms with Gasteiger partial charge in [0.25, 0.3) is 0 Å². The van der Waals surface area contributed by atoms with Crippen molar-refractivity contribution >= 4 is 11.9 Å². The zero-order valence-corrected chi connectivity index (χ0v) is 16.4. The summed E-state index contributed by atoms with van der Waals surface area (Å²) in [5.41, 5.74) is -0.783. The summed E-state index contributed by atoms with van der Waals surface area (Å²) >= 11 is 0. The van der Waals surface area contributed by atoms with E-state index in [1.807, 2.05) is 6.92 Å². The molecule has 9 nitrogen and oxygen atoms in total. The Hall–Kier alpha value is -2.04. The molecule has 0 radical (unpaired) electrons. The van der Waals surface area contributed by atoms with E-state index in [2.05, 4.69) is 10.3 Å². The number of unbranched alkanes of at least 4 members (excludes halogenated alkanes) is 2. The average Bonchev–Trinajstić information content (AvgIpc) is 3.09. The number of carbonyl (C=O) groups excluding carboxylic acids is 1. The largest absolute Gasteiger partial charge is 0.449 e. The summed E-state index contributed by atoms with van der Waals surface area (Å²) in [6, 6.07) is 0. The third-order valence-electron chi connectivity index (χ3n) is 4.64. The third-order valence-corrected chi connectivity index (χ3v) is 4.64. The van der Waals surface area contributed by atoms with E-state index < -0.39 is 41.5 Å². The van der Waals surface area contributed by atoms with Crippen molar-refractivity contribution in [2.45, 2.75) is 77.3 Å². The van der Waals surface area contributed by atoms with Gasteiger partial charge in [0.05, 0.1) is 18.9 Å². The maximum Gasteiger partial charge on any atom is 0.412 e. The van der Waals surface area contributed by atoms with Gasteiger partial charge in [-0.1, -0.05) is 19.8 Å². The fraction of sp³-hybridized carbons (Fsp3) is 0.722. The number of aromatic nitrogens is 2. The Morgan fingerprint density at radius 1 is 1.36 bits per heavy atom. The standard InChI is InChI=1S/C18H26FN3O6/c1-5-6-7-8-25-17(24)21-14-11(19)9-22(16(23)20-14)15-13-12(10(2)26-15)27-18(3,4)28-13/h9-10,12-13,15H,5-8H2,1-4H3,(H,20,21,23,24)/t10-,12-,13-,15?/m1/s1. The van der Waals surface area contributed by atoms with Crippen LogP contribution >= 0.6 is 0 Å². The second-order valence-electron chi connectivity index (χ2n) is 7.39. The van der Waals surface area contributed by atoms with Gasteiger partial charge in [-0.3, -0.25) is 9.88 Å². The Labute approximate surface area is 162 Å². The van der Waals surface area contributed by atoms with Crippen LogP contribution < -0.4 is 11.0 Å². The van der Waals surface area contributed by atoms with Gasteiger partial charge < -0.3 is 18.9 Å². The molecule has 1 aromatic heterocycles. The topological polar surface area (TPSA) is 101 Å². The van der Waals surface area contributed by atoms with Crippen molar-refractivity contribution in [1.82, 2.24) is 9.55 Å². The lowest BCUT2D eigenvalue weighted by atomic mass is 10.1. The SMILES string of the molecule is CCCCCOC(=O)Nc1nc(=O)n(C2O[C@H](C)[C@H]3OC(C)(C)O[C@@H]23)cc1F. The molecular weight excluding hydrogens is 373 g/mol. The third kappa shape index (κ3) is 4.34. The Balaban J connectivity index is 1.72. The van der Waals surface area contributed by atoms with E-state index in [0.717, 1.165) is 23.6 Å². The molecule has 0 bridgehead atoms. The highest BCUT2D eigenvalue weighted by Gasteiger charge is 2.54. The molecule has 0 spiro atoms. The number of nitrogens with zero attached hydrogens (tertiary/aromatic N) is 2. The van der Waals surface area contributed by atoms with Crippen molar-refractivity contribution in [1.29, 1.82) is 0 Å². The van der Waals surface area contributed by atoms with Crippen LogP contribution in [0.25, 0.3) is 0 Å². The molecule has 1 amide bonds. The number of halogens is 1. The smallest absolute Gasteiger partial charge is 0.412 e. The summed E-state index contributed by atoms with van der Waals surface area (Å²) in [5, 5.41) is 2.16. The van der Waals surface area contributed by atoms with Crippen LogP contribution in [-0.2, 0) is 18.9 Å². The van der Waals surface area contributed by atoms with E-state index in [4.69, 9.17) is 18.9 Å². The molecule has 1 unspecified atom stereocenters. The fourth-order valence-corrected chi connectivity index (χ4v) is 3.36. The van der Waals surface area contributed by atoms with Crippen LogP contribution in [0.2, 0.25) is 0 Å². The number of carbonyl (C=O) groups is 1. The maximum atomic E-state index is 14.5. The molecule has 0 aromatic carbocycles. The Morgan fingerprint density at radius 2 is 2.07 bits per heavy atom. The minimum Gasteiger partial charge on any atom is -0.449 e. The van der Waals surface area contributed by atoms with Gasteiger partial charge in [0.2, 0.25) is 0 Å². The van der Waals surface area contributed by atoms with E-state index >= 15 is 0 Å². The first-order chi connectivity index (χ1) is 13.2. The van der Waals surface area contributed by atoms with Gasteiger partial charge in [-0.25, -0.2) is 14.0 Å². The molecule has 2 fully saturated rings. The van der Waals surface area contributed by atoms with Crippen LogP contribution in [0.15, 0.2) is 11.0 Å². The van der Waals surface area contributed by atoms with Gasteiger partial charge >= 0.3 is 11.8 Å². The predicted molar refractivity (Wildman–Crippen MR) is 96.4 cm³/mol. The summed E-state index contributed by atoms with van der Waals surface area (Å²) < 4.78 is 37.8. The maximum absolute atomic E-state index is 14.5. The first-order valence-corrected chi connectivity index (χ1v) is 9.45. The normalized spacial score (nSPS) is 28.2. The number of amides is 1. The predicted octanol–water partition coefficient (Wildman–Crippen LogP) is 2.56. The van der Waals surface area contributed by atoms with Gasteiger partial charge in [-0.05, 0) is 27.2 Å². The molecule has 2 aliphatic heterocycles. The lowest BCUT2D eigenvalue weighted by Crippen LogP contribution is -2.36. The van der Waals surface area contributed by atoms with Crippen LogP contribution in [0.1, 0.15) is 53.2 Å². The van der Waals surface area contributed by atoms with Gasteiger partial charge in [0, 0.05) is 0 Å². The van der Waals surface area contributed by atoms with Crippen LogP contribution in [0, 0.1) is 5.82 Å². The number of fused-ring (bicyclic) bond motifs is 1. The molecule has 2 aliphatic rings. The molecule has 10 heteroatoms. The average molecular weight is 399 g/mol. The minimum absolute atomic E-state index is 0.211. The summed E-state index contributed by atoms with van der Waals surface area (Å²) in [7, 11) is 0. The molecule has 28 heavy (non-hydrogen) atoms. The Morgan fingerprint density at radius 3 is 2.79 bits per heavy atom. The molecule has 156 valence electrons. The minimum atomic E-state index is -0.886. The van der Waals surface area contributed by atoms with E-state index in [1.54, 1.807) is 20.8 Å². The highest BCUT2D eigenvalue weighted by molar-refractivity contribution is 5.83. The molecule has 4 atom stereocenters. The second-order valence-corrected chi connectivity index (χ2v) is 7.39. The van der Waals surface area contributed by atoms with Gasteiger partial charge in [-0.15, -0.1) is 0 Å². The van der Waals surface area contributed by atoms with Crippen molar-refractivity contribution < 1.29 is 28.1 Å². The van der Waals surface area contributed by atoms with Crippen molar-refractivity contribution in [3.05, 3.63) is 22.5 Å². The lowest BCUT2D eigenvalue weighted by Gasteiger charge is -2.24. The van der Waals surface area contributed by atoms with E-state index in [-0.39, 0.29) is 18.8 Å². The van der Waals surface area contributed by atoms with E-state index in [0.29, 0.717) is 6.42 Å². The summed E-state index contributed by atoms with van der Waals surface area (Å²) in [6.45, 7) is 7.55. The highest BCUT2D eigenvalue weighted by Crippen LogP contribution is 2.42. The Kier molecular flexibility index (Phi) is 6.01. The number of rotatable bonds is 6. The van der Waals surface area contributed by atoms with Crippen molar-refractivity contribution in [3.63, 3.8) is 0 Å². The van der Waals surface area contributed by atoms with Crippen LogP contribution in [0.5, 0.6) is 0 Å². The quantitative estimate of drug-likeness (QED) is 0.734.